The summed E-state index contributed by atoms with van der Waals surface area (Å²) in [5, 5.41) is 3.17. The number of hydrogen-bond acceptors (Lipinski definition) is 3. The van der Waals surface area contributed by atoms with Crippen molar-refractivity contribution >= 4 is 27.5 Å². The maximum absolute atomic E-state index is 11.8. The molecule has 18 heavy (non-hydrogen) atoms. The van der Waals surface area contributed by atoms with Crippen LogP contribution in [0.25, 0.3) is 0 Å². The molecule has 0 bridgehead atoms. The van der Waals surface area contributed by atoms with Crippen LogP contribution < -0.4 is 10.2 Å². The van der Waals surface area contributed by atoms with Gasteiger partial charge < -0.3 is 15.1 Å². The Morgan fingerprint density at radius 2 is 2.17 bits per heavy atom. The first-order valence-corrected chi connectivity index (χ1v) is 6.83. The van der Waals surface area contributed by atoms with Gasteiger partial charge in [0.1, 0.15) is 0 Å². The third-order valence-electron chi connectivity index (χ3n) is 3.21. The molecule has 0 spiro atoms. The minimum Gasteiger partial charge on any atom is -0.360 e. The van der Waals surface area contributed by atoms with Gasteiger partial charge in [-0.25, -0.2) is 0 Å². The summed E-state index contributed by atoms with van der Waals surface area (Å²) in [5.41, 5.74) is 2.36. The number of amides is 1. The van der Waals surface area contributed by atoms with E-state index in [1.165, 1.54) is 5.56 Å². The molecule has 0 aliphatic carbocycles. The normalized spacial score (nSPS) is 16.3. The van der Waals surface area contributed by atoms with Crippen molar-refractivity contribution < 1.29 is 4.79 Å². The molecule has 1 aliphatic heterocycles. The van der Waals surface area contributed by atoms with E-state index < -0.39 is 0 Å². The van der Waals surface area contributed by atoms with Crippen molar-refractivity contribution in [1.29, 1.82) is 0 Å². The van der Waals surface area contributed by atoms with Crippen molar-refractivity contribution in [2.24, 2.45) is 0 Å². The maximum Gasteiger partial charge on any atom is 0.241 e. The van der Waals surface area contributed by atoms with Crippen LogP contribution in [0.5, 0.6) is 0 Å². The molecule has 1 saturated heterocycles. The summed E-state index contributed by atoms with van der Waals surface area (Å²) in [7, 11) is 3.79. The van der Waals surface area contributed by atoms with Gasteiger partial charge in [-0.15, -0.1) is 0 Å². The summed E-state index contributed by atoms with van der Waals surface area (Å²) in [6.45, 7) is 2.94. The Balaban J connectivity index is 2.26. The fraction of sp³-hybridized carbons (Fsp3) is 0.462. The molecule has 1 N–H and O–H groups in total. The smallest absolute Gasteiger partial charge is 0.241 e. The van der Waals surface area contributed by atoms with Crippen LogP contribution in [-0.2, 0) is 11.3 Å². The standard InChI is InChI=1S/C13H18BrN3O/c1-15-8-10-3-4-11(14)7-12(10)17-6-5-16(2)13(18)9-17/h3-4,7,15H,5-6,8-9H2,1-2H3. The second-order valence-electron chi connectivity index (χ2n) is 4.54. The Morgan fingerprint density at radius 1 is 1.39 bits per heavy atom. The highest BCUT2D eigenvalue weighted by Gasteiger charge is 2.22. The summed E-state index contributed by atoms with van der Waals surface area (Å²) in [4.78, 5) is 15.7. The van der Waals surface area contributed by atoms with Gasteiger partial charge in [0, 0.05) is 36.8 Å². The molecule has 0 radical (unpaired) electrons. The Bertz CT molecular complexity index is 450. The zero-order chi connectivity index (χ0) is 13.1. The molecule has 1 fully saturated rings. The Kier molecular flexibility index (Phi) is 4.24. The van der Waals surface area contributed by atoms with E-state index in [0.29, 0.717) is 6.54 Å². The molecule has 0 unspecified atom stereocenters. The first-order valence-electron chi connectivity index (χ1n) is 6.03. The van der Waals surface area contributed by atoms with Crippen molar-refractivity contribution in [3.8, 4) is 0 Å². The number of halogens is 1. The molecule has 0 aromatic heterocycles. The Labute approximate surface area is 116 Å². The number of piperazine rings is 1. The van der Waals surface area contributed by atoms with Gasteiger partial charge in [-0.3, -0.25) is 4.79 Å². The number of nitrogens with zero attached hydrogens (tertiary/aromatic N) is 2. The van der Waals surface area contributed by atoms with Crippen LogP contribution in [0.15, 0.2) is 22.7 Å². The number of nitrogens with one attached hydrogen (secondary N) is 1. The molecule has 1 aromatic rings. The molecule has 1 amide bonds. The van der Waals surface area contributed by atoms with E-state index in [9.17, 15) is 4.79 Å². The highest BCUT2D eigenvalue weighted by molar-refractivity contribution is 9.10. The Morgan fingerprint density at radius 3 is 2.83 bits per heavy atom. The lowest BCUT2D eigenvalue weighted by molar-refractivity contribution is -0.129. The first kappa shape index (κ1) is 13.4. The fourth-order valence-electron chi connectivity index (χ4n) is 2.14. The van der Waals surface area contributed by atoms with Gasteiger partial charge in [0.05, 0.1) is 6.54 Å². The SMILES string of the molecule is CNCc1ccc(Br)cc1N1CCN(C)C(=O)C1. The van der Waals surface area contributed by atoms with E-state index in [0.717, 1.165) is 29.8 Å². The van der Waals surface area contributed by atoms with E-state index in [1.54, 1.807) is 4.90 Å². The van der Waals surface area contributed by atoms with Crippen LogP contribution in [0, 0.1) is 0 Å². The molecule has 5 heteroatoms. The van der Waals surface area contributed by atoms with Crippen molar-refractivity contribution in [2.45, 2.75) is 6.54 Å². The second kappa shape index (κ2) is 5.71. The van der Waals surface area contributed by atoms with Crippen molar-refractivity contribution in [1.82, 2.24) is 10.2 Å². The van der Waals surface area contributed by atoms with E-state index in [1.807, 2.05) is 20.2 Å². The van der Waals surface area contributed by atoms with E-state index >= 15 is 0 Å². The average molecular weight is 312 g/mol. The van der Waals surface area contributed by atoms with Crippen LogP contribution in [0.2, 0.25) is 0 Å². The number of likely N-dealkylation sites (N-methyl/N-ethyl adjacent to an activating group) is 1. The van der Waals surface area contributed by atoms with Gasteiger partial charge in [-0.05, 0) is 24.7 Å². The second-order valence-corrected chi connectivity index (χ2v) is 5.46. The Hall–Kier alpha value is -1.07. The molecule has 0 saturated carbocycles. The highest BCUT2D eigenvalue weighted by atomic mass is 79.9. The minimum absolute atomic E-state index is 0.177. The molecular weight excluding hydrogens is 294 g/mol. The van der Waals surface area contributed by atoms with Crippen LogP contribution in [0.1, 0.15) is 5.56 Å². The van der Waals surface area contributed by atoms with Crippen LogP contribution in [0.4, 0.5) is 5.69 Å². The molecule has 98 valence electrons. The predicted molar refractivity (Wildman–Crippen MR) is 76.8 cm³/mol. The molecule has 1 aromatic carbocycles. The number of carbonyl (C=O) groups excluding carboxylic acids is 1. The zero-order valence-electron chi connectivity index (χ0n) is 10.7. The summed E-state index contributed by atoms with van der Waals surface area (Å²) in [6, 6.07) is 6.22. The monoisotopic (exact) mass is 311 g/mol. The topological polar surface area (TPSA) is 35.6 Å². The van der Waals surface area contributed by atoms with Gasteiger partial charge in [-0.1, -0.05) is 22.0 Å². The molecule has 2 rings (SSSR count). The quantitative estimate of drug-likeness (QED) is 0.917. The molecule has 4 nitrogen and oxygen atoms in total. The first-order chi connectivity index (χ1) is 8.61. The van der Waals surface area contributed by atoms with Gasteiger partial charge in [-0.2, -0.15) is 0 Å². The lowest BCUT2D eigenvalue weighted by atomic mass is 10.1. The summed E-state index contributed by atoms with van der Waals surface area (Å²) >= 11 is 3.50. The van der Waals surface area contributed by atoms with Crippen LogP contribution in [-0.4, -0.2) is 44.5 Å². The molecule has 0 atom stereocenters. The molecule has 1 heterocycles. The number of anilines is 1. The van der Waals surface area contributed by atoms with Crippen LogP contribution >= 0.6 is 15.9 Å². The third-order valence-corrected chi connectivity index (χ3v) is 3.71. The van der Waals surface area contributed by atoms with Crippen molar-refractivity contribution in [3.05, 3.63) is 28.2 Å². The van der Waals surface area contributed by atoms with Gasteiger partial charge in [0.2, 0.25) is 5.91 Å². The molecular formula is C13H18BrN3O. The number of carbonyl (C=O) groups is 1. The number of hydrogen-bond donors (Lipinski definition) is 1. The fourth-order valence-corrected chi connectivity index (χ4v) is 2.48. The van der Waals surface area contributed by atoms with Crippen LogP contribution in [0.3, 0.4) is 0 Å². The van der Waals surface area contributed by atoms with E-state index in [4.69, 9.17) is 0 Å². The largest absolute Gasteiger partial charge is 0.360 e. The van der Waals surface area contributed by atoms with E-state index in [-0.39, 0.29) is 5.91 Å². The minimum atomic E-state index is 0.177. The van der Waals surface area contributed by atoms with Gasteiger partial charge in [0.15, 0.2) is 0 Å². The number of benzene rings is 1. The van der Waals surface area contributed by atoms with Crippen molar-refractivity contribution in [3.63, 3.8) is 0 Å². The lowest BCUT2D eigenvalue weighted by Gasteiger charge is -2.34. The maximum atomic E-state index is 11.8. The summed E-state index contributed by atoms with van der Waals surface area (Å²) in [6.07, 6.45) is 0. The third kappa shape index (κ3) is 2.84. The summed E-state index contributed by atoms with van der Waals surface area (Å²) in [5.74, 6) is 0.177. The highest BCUT2D eigenvalue weighted by Crippen LogP contribution is 2.26. The van der Waals surface area contributed by atoms with E-state index in [2.05, 4.69) is 38.3 Å². The predicted octanol–water partition coefficient (Wildman–Crippen LogP) is 1.45. The number of rotatable bonds is 3. The lowest BCUT2D eigenvalue weighted by Crippen LogP contribution is -2.48. The van der Waals surface area contributed by atoms with Crippen molar-refractivity contribution in [2.75, 3.05) is 38.6 Å². The summed E-state index contributed by atoms with van der Waals surface area (Å²) < 4.78 is 1.05. The molecule has 1 aliphatic rings. The van der Waals surface area contributed by atoms with Gasteiger partial charge >= 0.3 is 0 Å². The van der Waals surface area contributed by atoms with Gasteiger partial charge in [0.25, 0.3) is 0 Å². The zero-order valence-corrected chi connectivity index (χ0v) is 12.3. The average Bonchev–Trinajstić information content (AvgIpc) is 2.35.